The van der Waals surface area contributed by atoms with Gasteiger partial charge in [0.15, 0.2) is 23.3 Å². The van der Waals surface area contributed by atoms with Gasteiger partial charge in [-0.2, -0.15) is 0 Å². The summed E-state index contributed by atoms with van der Waals surface area (Å²) in [6, 6.07) is 72.4. The highest BCUT2D eigenvalue weighted by Crippen LogP contribution is 2.35. The second-order valence-electron chi connectivity index (χ2n) is 14.9. The van der Waals surface area contributed by atoms with E-state index in [9.17, 15) is 0 Å². The molecule has 11 aromatic rings. The summed E-state index contributed by atoms with van der Waals surface area (Å²) in [5.41, 5.74) is 13.3. The maximum atomic E-state index is 6.25. The van der Waals surface area contributed by atoms with Gasteiger partial charge in [0.1, 0.15) is 11.2 Å². The topological polar surface area (TPSA) is 77.6 Å². The van der Waals surface area contributed by atoms with E-state index in [4.69, 9.17) is 29.3 Å². The number of rotatable bonds is 8. The van der Waals surface area contributed by atoms with Gasteiger partial charge in [0.25, 0.3) is 0 Å². The monoisotopic (exact) mass is 781 g/mol. The molecule has 3 heterocycles. The number of fused-ring (bicyclic) bond motifs is 3. The first kappa shape index (κ1) is 35.8. The summed E-state index contributed by atoms with van der Waals surface area (Å²) >= 11 is 0. The van der Waals surface area contributed by atoms with E-state index >= 15 is 0 Å². The quantitative estimate of drug-likeness (QED) is 0.153. The van der Waals surface area contributed by atoms with Crippen LogP contribution in [0.2, 0.25) is 0 Å². The third-order valence-electron chi connectivity index (χ3n) is 11.0. The van der Waals surface area contributed by atoms with Gasteiger partial charge in [-0.1, -0.05) is 176 Å². The van der Waals surface area contributed by atoms with Crippen LogP contribution in [0.1, 0.15) is 0 Å². The molecule has 0 radical (unpaired) electrons. The Morgan fingerprint density at radius 3 is 1.33 bits per heavy atom. The summed E-state index contributed by atoms with van der Waals surface area (Å²) < 4.78 is 6.25. The third kappa shape index (κ3) is 7.13. The van der Waals surface area contributed by atoms with E-state index in [1.54, 1.807) is 0 Å². The average Bonchev–Trinajstić information content (AvgIpc) is 3.73. The number of benzene rings is 8. The van der Waals surface area contributed by atoms with E-state index in [0.717, 1.165) is 83.4 Å². The first-order chi connectivity index (χ1) is 30.2. The highest BCUT2D eigenvalue weighted by molar-refractivity contribution is 6.05. The lowest BCUT2D eigenvalue weighted by Gasteiger charge is -2.12. The zero-order chi connectivity index (χ0) is 40.5. The minimum Gasteiger partial charge on any atom is -0.456 e. The number of para-hydroxylation sites is 1. The van der Waals surface area contributed by atoms with Crippen LogP contribution in [0.5, 0.6) is 0 Å². The van der Waals surface area contributed by atoms with Crippen molar-refractivity contribution in [2.75, 3.05) is 0 Å². The molecule has 0 amide bonds. The minimum atomic E-state index is 0.571. The molecule has 8 aromatic carbocycles. The standard InChI is InChI=1S/C55H35N5O/c1-4-14-36(15-5-1)37-26-28-40(29-27-37)52-56-48(38-16-6-2-7-17-38)35-49(57-52)43-22-12-20-41(32-43)42-21-13-23-44(33-42)54-58-53(39-18-8-3-9-19-39)59-55(60-54)45-30-31-47-46-24-10-11-25-50(46)61-51(47)34-45/h1-35H. The van der Waals surface area contributed by atoms with Crippen molar-refractivity contribution in [2.45, 2.75) is 0 Å². The summed E-state index contributed by atoms with van der Waals surface area (Å²) in [5.74, 6) is 2.42. The van der Waals surface area contributed by atoms with Gasteiger partial charge in [0, 0.05) is 44.2 Å². The molecule has 0 aliphatic carbocycles. The molecule has 0 saturated carbocycles. The molecule has 61 heavy (non-hydrogen) atoms. The van der Waals surface area contributed by atoms with Crippen molar-refractivity contribution in [3.05, 3.63) is 212 Å². The predicted octanol–water partition coefficient (Wildman–Crippen LogP) is 13.9. The molecule has 0 unspecified atom stereocenters. The summed E-state index contributed by atoms with van der Waals surface area (Å²) in [5, 5.41) is 2.13. The van der Waals surface area contributed by atoms with E-state index < -0.39 is 0 Å². The van der Waals surface area contributed by atoms with Crippen molar-refractivity contribution >= 4 is 21.9 Å². The summed E-state index contributed by atoms with van der Waals surface area (Å²) in [6.07, 6.45) is 0. The molecule has 6 heteroatoms. The van der Waals surface area contributed by atoms with E-state index in [0.29, 0.717) is 23.3 Å². The average molecular weight is 782 g/mol. The lowest BCUT2D eigenvalue weighted by Crippen LogP contribution is -2.00. The summed E-state index contributed by atoms with van der Waals surface area (Å²) in [4.78, 5) is 25.3. The molecule has 0 spiro atoms. The highest BCUT2D eigenvalue weighted by Gasteiger charge is 2.16. The van der Waals surface area contributed by atoms with E-state index in [-0.39, 0.29) is 0 Å². The first-order valence-corrected chi connectivity index (χ1v) is 20.2. The van der Waals surface area contributed by atoms with E-state index in [1.807, 2.05) is 78.9 Å². The maximum Gasteiger partial charge on any atom is 0.164 e. The van der Waals surface area contributed by atoms with Crippen molar-refractivity contribution in [3.63, 3.8) is 0 Å². The molecule has 3 aromatic heterocycles. The van der Waals surface area contributed by atoms with Gasteiger partial charge in [-0.25, -0.2) is 24.9 Å². The number of nitrogens with zero attached hydrogens (tertiary/aromatic N) is 5. The Hall–Kier alpha value is -8.35. The zero-order valence-corrected chi connectivity index (χ0v) is 32.9. The summed E-state index contributed by atoms with van der Waals surface area (Å²) in [7, 11) is 0. The van der Waals surface area contributed by atoms with Crippen LogP contribution >= 0.6 is 0 Å². The fraction of sp³-hybridized carbons (Fsp3) is 0. The number of furan rings is 1. The highest BCUT2D eigenvalue weighted by atomic mass is 16.3. The Labute approximate surface area is 352 Å². The van der Waals surface area contributed by atoms with Crippen LogP contribution in [0.15, 0.2) is 217 Å². The van der Waals surface area contributed by atoms with Crippen LogP contribution in [0.3, 0.4) is 0 Å². The predicted molar refractivity (Wildman–Crippen MR) is 246 cm³/mol. The van der Waals surface area contributed by atoms with Crippen LogP contribution in [-0.4, -0.2) is 24.9 Å². The van der Waals surface area contributed by atoms with Gasteiger partial charge in [0.05, 0.1) is 11.4 Å². The number of hydrogen-bond donors (Lipinski definition) is 0. The third-order valence-corrected chi connectivity index (χ3v) is 11.0. The van der Waals surface area contributed by atoms with Crippen LogP contribution in [0, 0.1) is 0 Å². The van der Waals surface area contributed by atoms with Gasteiger partial charge < -0.3 is 4.42 Å². The number of aromatic nitrogens is 5. The molecule has 0 aliphatic rings. The lowest BCUT2D eigenvalue weighted by atomic mass is 9.99. The van der Waals surface area contributed by atoms with Crippen molar-refractivity contribution in [1.82, 2.24) is 24.9 Å². The van der Waals surface area contributed by atoms with Gasteiger partial charge in [-0.15, -0.1) is 0 Å². The SMILES string of the molecule is c1ccc(-c2ccc(-c3nc(-c4ccccc4)cc(-c4cccc(-c5cccc(-c6nc(-c7ccccc7)nc(-c7ccc8c(c7)oc7ccccc78)n6)c5)c4)n3)cc2)cc1. The Bertz CT molecular complexity index is 3350. The molecule has 286 valence electrons. The Morgan fingerprint density at radius 1 is 0.230 bits per heavy atom. The first-order valence-electron chi connectivity index (χ1n) is 20.2. The molecular formula is C55H35N5O. The van der Waals surface area contributed by atoms with Crippen LogP contribution in [-0.2, 0) is 0 Å². The van der Waals surface area contributed by atoms with Crippen LogP contribution in [0.4, 0.5) is 0 Å². The van der Waals surface area contributed by atoms with Crippen molar-refractivity contribution in [2.24, 2.45) is 0 Å². The molecule has 0 atom stereocenters. The van der Waals surface area contributed by atoms with Crippen molar-refractivity contribution in [1.29, 1.82) is 0 Å². The zero-order valence-electron chi connectivity index (χ0n) is 32.9. The van der Waals surface area contributed by atoms with E-state index in [1.165, 1.54) is 5.56 Å². The molecule has 11 rings (SSSR count). The van der Waals surface area contributed by atoms with Gasteiger partial charge in [-0.3, -0.25) is 0 Å². The minimum absolute atomic E-state index is 0.571. The fourth-order valence-corrected chi connectivity index (χ4v) is 7.83. The molecule has 0 bridgehead atoms. The molecule has 0 aliphatic heterocycles. The molecular weight excluding hydrogens is 747 g/mol. The molecule has 0 N–H and O–H groups in total. The smallest absolute Gasteiger partial charge is 0.164 e. The molecule has 0 saturated heterocycles. The molecule has 0 fully saturated rings. The van der Waals surface area contributed by atoms with Crippen molar-refractivity contribution in [3.8, 4) is 90.3 Å². The van der Waals surface area contributed by atoms with Crippen molar-refractivity contribution < 1.29 is 4.42 Å². The van der Waals surface area contributed by atoms with Crippen LogP contribution in [0.25, 0.3) is 112 Å². The molecule has 6 nitrogen and oxygen atoms in total. The van der Waals surface area contributed by atoms with Crippen LogP contribution < -0.4 is 0 Å². The maximum absolute atomic E-state index is 6.25. The van der Waals surface area contributed by atoms with E-state index in [2.05, 4.69) is 133 Å². The summed E-state index contributed by atoms with van der Waals surface area (Å²) in [6.45, 7) is 0. The Balaban J connectivity index is 0.977. The Kier molecular flexibility index (Phi) is 9.06. The second kappa shape index (κ2) is 15.4. The largest absolute Gasteiger partial charge is 0.456 e. The van der Waals surface area contributed by atoms with Gasteiger partial charge >= 0.3 is 0 Å². The van der Waals surface area contributed by atoms with Gasteiger partial charge in [-0.05, 0) is 58.7 Å². The second-order valence-corrected chi connectivity index (χ2v) is 14.9. The Morgan fingerprint density at radius 2 is 0.639 bits per heavy atom. The lowest BCUT2D eigenvalue weighted by molar-refractivity contribution is 0.669. The van der Waals surface area contributed by atoms with Gasteiger partial charge in [0.2, 0.25) is 0 Å². The normalized spacial score (nSPS) is 11.3. The number of hydrogen-bond acceptors (Lipinski definition) is 6. The fourth-order valence-electron chi connectivity index (χ4n) is 7.83.